The maximum Gasteiger partial charge on any atom is 0.242 e. The van der Waals surface area contributed by atoms with E-state index in [0.29, 0.717) is 24.7 Å². The summed E-state index contributed by atoms with van der Waals surface area (Å²) in [4.78, 5) is 52.5. The number of hydrogen-bond donors (Lipinski definition) is 1. The first-order valence-corrected chi connectivity index (χ1v) is 16.6. The van der Waals surface area contributed by atoms with E-state index >= 15 is 0 Å². The van der Waals surface area contributed by atoms with Crippen molar-refractivity contribution in [1.29, 1.82) is 0 Å². The van der Waals surface area contributed by atoms with E-state index in [1.165, 1.54) is 33.3 Å². The quantitative estimate of drug-likeness (QED) is 0.244. The predicted molar refractivity (Wildman–Crippen MR) is 145 cm³/mol. The van der Waals surface area contributed by atoms with E-state index in [1.807, 2.05) is 27.7 Å². The molecule has 2 rings (SSSR count). The smallest absolute Gasteiger partial charge is 0.242 e. The molecule has 2 aliphatic rings. The molecule has 0 aromatic rings. The Labute approximate surface area is 218 Å². The summed E-state index contributed by atoms with van der Waals surface area (Å²) in [5.41, 5.74) is 0. The Morgan fingerprint density at radius 2 is 1.31 bits per heavy atom. The minimum Gasteiger partial charge on any atom is -0.307 e. The number of carbonyl (C=O) groups excluding carboxylic acids is 4. The van der Waals surface area contributed by atoms with E-state index in [-0.39, 0.29) is 77.1 Å². The molecule has 3 atom stereocenters. The molecule has 11 heteroatoms. The lowest BCUT2D eigenvalue weighted by Crippen LogP contribution is -2.37. The average Bonchev–Trinajstić information content (AvgIpc) is 3.15. The Hall–Kier alpha value is -0.830. The van der Waals surface area contributed by atoms with Crippen LogP contribution in [0.3, 0.4) is 0 Å². The summed E-state index contributed by atoms with van der Waals surface area (Å²) in [5, 5.41) is 3.05. The Balaban J connectivity index is 1.91. The van der Waals surface area contributed by atoms with Gasteiger partial charge < -0.3 is 4.57 Å². The Morgan fingerprint density at radius 3 is 1.77 bits per heavy atom. The van der Waals surface area contributed by atoms with Crippen LogP contribution in [-0.4, -0.2) is 86.4 Å². The zero-order valence-electron chi connectivity index (χ0n) is 22.0. The number of imide groups is 2. The molecule has 1 N–H and O–H groups in total. The number of rotatable bonds is 15. The van der Waals surface area contributed by atoms with Crippen LogP contribution in [0.5, 0.6) is 0 Å². The van der Waals surface area contributed by atoms with Crippen LogP contribution >= 0.6 is 30.8 Å². The normalized spacial score (nSPS) is 23.0. The van der Waals surface area contributed by atoms with Crippen LogP contribution in [0.15, 0.2) is 0 Å². The molecule has 200 valence electrons. The van der Waals surface area contributed by atoms with Gasteiger partial charge in [-0.05, 0) is 29.3 Å². The standard InChI is InChI=1S/C24H42N3O5PS2/c1-16(2)8-13-33(32,12-7-10-26-21(28)14-19(23(26)30)34-17(3)4)25-9-11-27-22(29)15-20(24(27)31)35-18(5)6/h16-20H,7-15H2,1-6H3,(H,25,32). The van der Waals surface area contributed by atoms with Crippen LogP contribution in [0.25, 0.3) is 0 Å². The highest BCUT2D eigenvalue weighted by atomic mass is 32.2. The monoisotopic (exact) mass is 547 g/mol. The number of likely N-dealkylation sites (tertiary alicyclic amines) is 2. The first kappa shape index (κ1) is 30.4. The van der Waals surface area contributed by atoms with Gasteiger partial charge in [0.05, 0.1) is 10.5 Å². The number of nitrogens with zero attached hydrogens (tertiary/aromatic N) is 2. The van der Waals surface area contributed by atoms with E-state index < -0.39 is 7.29 Å². The van der Waals surface area contributed by atoms with Crippen molar-refractivity contribution < 1.29 is 23.7 Å². The number of amides is 4. The molecule has 2 fully saturated rings. The lowest BCUT2D eigenvalue weighted by molar-refractivity contribution is -0.139. The fourth-order valence-electron chi connectivity index (χ4n) is 4.23. The van der Waals surface area contributed by atoms with Crippen LogP contribution in [0.4, 0.5) is 0 Å². The van der Waals surface area contributed by atoms with E-state index in [9.17, 15) is 23.7 Å². The van der Waals surface area contributed by atoms with Crippen molar-refractivity contribution >= 4 is 54.4 Å². The van der Waals surface area contributed by atoms with Crippen LogP contribution in [0, 0.1) is 5.92 Å². The fraction of sp³-hybridized carbons (Fsp3) is 0.833. The second kappa shape index (κ2) is 13.6. The third-order valence-electron chi connectivity index (χ3n) is 5.98. The molecule has 0 aromatic carbocycles. The minimum atomic E-state index is -2.80. The van der Waals surface area contributed by atoms with Crippen LogP contribution in [-0.2, 0) is 23.7 Å². The average molecular weight is 548 g/mol. The van der Waals surface area contributed by atoms with Crippen molar-refractivity contribution in [2.45, 2.75) is 88.2 Å². The van der Waals surface area contributed by atoms with Gasteiger partial charge in [-0.2, -0.15) is 0 Å². The van der Waals surface area contributed by atoms with Gasteiger partial charge in [0.15, 0.2) is 0 Å². The van der Waals surface area contributed by atoms with E-state index in [2.05, 4.69) is 18.9 Å². The van der Waals surface area contributed by atoms with E-state index in [4.69, 9.17) is 0 Å². The van der Waals surface area contributed by atoms with Gasteiger partial charge in [-0.25, -0.2) is 0 Å². The van der Waals surface area contributed by atoms with Crippen molar-refractivity contribution in [3.8, 4) is 0 Å². The molecule has 35 heavy (non-hydrogen) atoms. The molecule has 0 saturated carbocycles. The van der Waals surface area contributed by atoms with Gasteiger partial charge in [-0.15, -0.1) is 23.5 Å². The lowest BCUT2D eigenvalue weighted by Gasteiger charge is -2.24. The summed E-state index contributed by atoms with van der Waals surface area (Å²) in [6.45, 7) is 12.9. The largest absolute Gasteiger partial charge is 0.307 e. The zero-order valence-corrected chi connectivity index (χ0v) is 24.5. The van der Waals surface area contributed by atoms with Crippen LogP contribution in [0.1, 0.15) is 67.2 Å². The number of nitrogens with one attached hydrogen (secondary N) is 1. The second-order valence-corrected chi connectivity index (χ2v) is 16.9. The van der Waals surface area contributed by atoms with E-state index in [0.717, 1.165) is 6.42 Å². The summed E-state index contributed by atoms with van der Waals surface area (Å²) >= 11 is 3.02. The maximum absolute atomic E-state index is 13.7. The lowest BCUT2D eigenvalue weighted by atomic mass is 10.2. The summed E-state index contributed by atoms with van der Waals surface area (Å²) in [6.07, 6.45) is 2.58. The highest BCUT2D eigenvalue weighted by Crippen LogP contribution is 2.43. The first-order valence-electron chi connectivity index (χ1n) is 12.7. The van der Waals surface area contributed by atoms with Crippen molar-refractivity contribution in [2.24, 2.45) is 5.92 Å². The van der Waals surface area contributed by atoms with Gasteiger partial charge in [0.1, 0.15) is 7.29 Å². The maximum atomic E-state index is 13.7. The van der Waals surface area contributed by atoms with Gasteiger partial charge in [0, 0.05) is 44.8 Å². The van der Waals surface area contributed by atoms with Crippen molar-refractivity contribution in [3.63, 3.8) is 0 Å². The van der Waals surface area contributed by atoms with Gasteiger partial charge in [0.2, 0.25) is 23.6 Å². The van der Waals surface area contributed by atoms with Gasteiger partial charge in [-0.1, -0.05) is 41.5 Å². The van der Waals surface area contributed by atoms with Gasteiger partial charge in [-0.3, -0.25) is 34.1 Å². The molecule has 2 heterocycles. The molecule has 2 saturated heterocycles. The molecule has 4 amide bonds. The van der Waals surface area contributed by atoms with Crippen molar-refractivity contribution in [2.75, 3.05) is 32.0 Å². The zero-order chi connectivity index (χ0) is 26.3. The Morgan fingerprint density at radius 1 is 0.829 bits per heavy atom. The van der Waals surface area contributed by atoms with Crippen molar-refractivity contribution in [3.05, 3.63) is 0 Å². The highest BCUT2D eigenvalue weighted by molar-refractivity contribution is 8.01. The molecular weight excluding hydrogens is 505 g/mol. The highest BCUT2D eigenvalue weighted by Gasteiger charge is 2.40. The molecule has 8 nitrogen and oxygen atoms in total. The number of carbonyl (C=O) groups is 4. The summed E-state index contributed by atoms with van der Waals surface area (Å²) < 4.78 is 13.7. The molecule has 0 bridgehead atoms. The summed E-state index contributed by atoms with van der Waals surface area (Å²) in [6, 6.07) is 0. The molecule has 0 spiro atoms. The molecule has 2 aliphatic heterocycles. The third kappa shape index (κ3) is 9.20. The van der Waals surface area contributed by atoms with Gasteiger partial charge >= 0.3 is 0 Å². The topological polar surface area (TPSA) is 104 Å². The first-order chi connectivity index (χ1) is 16.3. The third-order valence-corrected chi connectivity index (χ3v) is 11.3. The van der Waals surface area contributed by atoms with E-state index in [1.54, 1.807) is 0 Å². The number of hydrogen-bond acceptors (Lipinski definition) is 7. The van der Waals surface area contributed by atoms with Crippen molar-refractivity contribution in [1.82, 2.24) is 14.9 Å². The fourth-order valence-corrected chi connectivity index (χ4v) is 9.14. The van der Waals surface area contributed by atoms with Gasteiger partial charge in [0.25, 0.3) is 0 Å². The summed E-state index contributed by atoms with van der Waals surface area (Å²) in [5.74, 6) is -0.243. The molecule has 0 aliphatic carbocycles. The molecule has 3 unspecified atom stereocenters. The van der Waals surface area contributed by atoms with Crippen LogP contribution in [0.2, 0.25) is 0 Å². The molecular formula is C24H42N3O5PS2. The van der Waals surface area contributed by atoms with Crippen LogP contribution < -0.4 is 5.09 Å². The summed E-state index contributed by atoms with van der Waals surface area (Å²) in [7, 11) is -2.80. The Kier molecular flexibility index (Phi) is 11.8. The minimum absolute atomic E-state index is 0.140. The Bertz CT molecular complexity index is 778. The molecule has 0 aromatic heterocycles. The predicted octanol–water partition coefficient (Wildman–Crippen LogP) is 3.83. The SMILES string of the molecule is CC(C)CCP(=O)(CCCN1C(=O)CC(SC(C)C)C1=O)NCCN1C(=O)CC(SC(C)C)C1=O. The second-order valence-electron chi connectivity index (χ2n) is 10.3. The number of thioether (sulfide) groups is 2. The molecule has 0 radical (unpaired) electrons.